The molecule has 0 unspecified atom stereocenters. The summed E-state index contributed by atoms with van der Waals surface area (Å²) in [6, 6.07) is 7.91. The molecule has 1 aliphatic carbocycles. The van der Waals surface area contributed by atoms with Crippen molar-refractivity contribution in [2.45, 2.75) is 39.2 Å². The highest BCUT2D eigenvalue weighted by atomic mass is 16.1. The van der Waals surface area contributed by atoms with E-state index in [1.807, 2.05) is 26.1 Å². The van der Waals surface area contributed by atoms with E-state index in [0.29, 0.717) is 11.5 Å². The second-order valence-corrected chi connectivity index (χ2v) is 7.05. The molecule has 134 valence electrons. The van der Waals surface area contributed by atoms with E-state index in [0.717, 1.165) is 41.7 Å². The second-order valence-electron chi connectivity index (χ2n) is 7.05. The molecule has 1 amide bonds. The van der Waals surface area contributed by atoms with Gasteiger partial charge in [-0.3, -0.25) is 14.5 Å². The van der Waals surface area contributed by atoms with Gasteiger partial charge in [-0.2, -0.15) is 5.10 Å². The molecule has 0 saturated heterocycles. The van der Waals surface area contributed by atoms with Crippen LogP contribution in [-0.4, -0.2) is 25.7 Å². The van der Waals surface area contributed by atoms with Crippen molar-refractivity contribution in [3.8, 4) is 0 Å². The normalized spacial score (nSPS) is 15.2. The number of benzene rings is 1. The third-order valence-corrected chi connectivity index (χ3v) is 5.06. The zero-order valence-electron chi connectivity index (χ0n) is 15.4. The summed E-state index contributed by atoms with van der Waals surface area (Å²) in [6.07, 6.45) is 4.67. The van der Waals surface area contributed by atoms with Crippen molar-refractivity contribution in [1.29, 1.82) is 0 Å². The van der Waals surface area contributed by atoms with Gasteiger partial charge in [0.1, 0.15) is 12.2 Å². The van der Waals surface area contributed by atoms with Gasteiger partial charge in [-0.1, -0.05) is 13.0 Å². The molecule has 4 rings (SSSR count). The molecule has 1 saturated carbocycles. The summed E-state index contributed by atoms with van der Waals surface area (Å²) in [4.78, 5) is 22.1. The molecule has 26 heavy (non-hydrogen) atoms. The summed E-state index contributed by atoms with van der Waals surface area (Å²) in [5.41, 5.74) is 3.57. The number of aryl methyl sites for hydroxylation is 3. The molecule has 1 N–H and O–H groups in total. The van der Waals surface area contributed by atoms with Gasteiger partial charge in [-0.25, -0.2) is 4.98 Å². The van der Waals surface area contributed by atoms with Crippen LogP contribution in [0.25, 0.3) is 10.9 Å². The molecule has 0 aliphatic heterocycles. The fourth-order valence-corrected chi connectivity index (χ4v) is 3.44. The Hall–Kier alpha value is -2.76. The van der Waals surface area contributed by atoms with Crippen molar-refractivity contribution in [3.05, 3.63) is 53.2 Å². The minimum atomic E-state index is -0.104. The molecule has 1 aliphatic rings. The molecule has 0 spiro atoms. The molecule has 1 atom stereocenters. The molecule has 6 heteroatoms. The van der Waals surface area contributed by atoms with E-state index in [1.165, 1.54) is 11.9 Å². The maximum Gasteiger partial charge on any atom is 0.252 e. The quantitative estimate of drug-likeness (QED) is 0.768. The van der Waals surface area contributed by atoms with Crippen LogP contribution < -0.4 is 5.32 Å². The predicted molar refractivity (Wildman–Crippen MR) is 99.8 cm³/mol. The summed E-state index contributed by atoms with van der Waals surface area (Å²) in [5.74, 6) is 1.17. The van der Waals surface area contributed by atoms with Crippen LogP contribution in [0.15, 0.2) is 30.6 Å². The summed E-state index contributed by atoms with van der Waals surface area (Å²) < 4.78 is 1.74. The van der Waals surface area contributed by atoms with E-state index in [9.17, 15) is 4.79 Å². The Kier molecular flexibility index (Phi) is 4.18. The molecule has 1 fully saturated rings. The average Bonchev–Trinajstić information content (AvgIpc) is 3.39. The first-order chi connectivity index (χ1) is 12.6. The van der Waals surface area contributed by atoms with E-state index in [1.54, 1.807) is 4.68 Å². The number of hydrogen-bond acceptors (Lipinski definition) is 4. The average molecular weight is 349 g/mol. The van der Waals surface area contributed by atoms with Gasteiger partial charge in [-0.05, 0) is 55.9 Å². The molecule has 0 radical (unpaired) electrons. The lowest BCUT2D eigenvalue weighted by atomic mass is 10.0. The van der Waals surface area contributed by atoms with Crippen molar-refractivity contribution >= 4 is 16.8 Å². The SMILES string of the molecule is CCc1ccc2nc(C)cc(C(=O)N[C@@H](c3ncnn3C)C3CC3)c2c1. The predicted octanol–water partition coefficient (Wildman–Crippen LogP) is 3.12. The van der Waals surface area contributed by atoms with E-state index in [4.69, 9.17) is 0 Å². The molecular formula is C20H23N5O. The topological polar surface area (TPSA) is 72.7 Å². The van der Waals surface area contributed by atoms with Crippen molar-refractivity contribution in [3.63, 3.8) is 0 Å². The monoisotopic (exact) mass is 349 g/mol. The lowest BCUT2D eigenvalue weighted by Gasteiger charge is -2.18. The number of carbonyl (C=O) groups is 1. The zero-order chi connectivity index (χ0) is 18.3. The van der Waals surface area contributed by atoms with Crippen LogP contribution in [-0.2, 0) is 13.5 Å². The lowest BCUT2D eigenvalue weighted by Crippen LogP contribution is -2.32. The highest BCUT2D eigenvalue weighted by Gasteiger charge is 2.36. The van der Waals surface area contributed by atoms with Gasteiger partial charge < -0.3 is 5.32 Å². The highest BCUT2D eigenvalue weighted by Crippen LogP contribution is 2.40. The smallest absolute Gasteiger partial charge is 0.252 e. The first kappa shape index (κ1) is 16.7. The van der Waals surface area contributed by atoms with Crippen molar-refractivity contribution in [2.24, 2.45) is 13.0 Å². The third kappa shape index (κ3) is 3.07. The molecule has 0 bridgehead atoms. The Balaban J connectivity index is 1.72. The molecule has 3 aromatic rings. The number of nitrogens with one attached hydrogen (secondary N) is 1. The number of hydrogen-bond donors (Lipinski definition) is 1. The molecule has 1 aromatic carbocycles. The standard InChI is InChI=1S/C20H23N5O/c1-4-13-5-8-17-15(10-13)16(9-12(2)23-17)20(26)24-18(14-6-7-14)19-21-11-22-25(19)3/h5,8-11,14,18H,4,6-7H2,1-3H3,(H,24,26)/t18-/m1/s1. The number of nitrogens with zero attached hydrogens (tertiary/aromatic N) is 4. The van der Waals surface area contributed by atoms with Crippen molar-refractivity contribution in [1.82, 2.24) is 25.1 Å². The largest absolute Gasteiger partial charge is 0.342 e. The maximum atomic E-state index is 13.2. The Labute approximate surface area is 152 Å². The molecular weight excluding hydrogens is 326 g/mol. The number of pyridine rings is 1. The van der Waals surface area contributed by atoms with Crippen LogP contribution in [0, 0.1) is 12.8 Å². The fraction of sp³-hybridized carbons (Fsp3) is 0.400. The van der Waals surface area contributed by atoms with Gasteiger partial charge >= 0.3 is 0 Å². The Morgan fingerprint density at radius 2 is 2.15 bits per heavy atom. The first-order valence-corrected chi connectivity index (χ1v) is 9.12. The van der Waals surface area contributed by atoms with Gasteiger partial charge in [-0.15, -0.1) is 0 Å². The highest BCUT2D eigenvalue weighted by molar-refractivity contribution is 6.06. The second kappa shape index (κ2) is 6.52. The van der Waals surface area contributed by atoms with Crippen molar-refractivity contribution in [2.75, 3.05) is 0 Å². The molecule has 2 aromatic heterocycles. The van der Waals surface area contributed by atoms with Gasteiger partial charge in [0.15, 0.2) is 0 Å². The van der Waals surface area contributed by atoms with E-state index in [-0.39, 0.29) is 11.9 Å². The van der Waals surface area contributed by atoms with Gasteiger partial charge in [0, 0.05) is 18.1 Å². The van der Waals surface area contributed by atoms with Gasteiger partial charge in [0.2, 0.25) is 0 Å². The van der Waals surface area contributed by atoms with Crippen LogP contribution in [0.4, 0.5) is 0 Å². The molecule has 2 heterocycles. The minimum absolute atomic E-state index is 0.0753. The summed E-state index contributed by atoms with van der Waals surface area (Å²) in [7, 11) is 1.86. The third-order valence-electron chi connectivity index (χ3n) is 5.06. The Morgan fingerprint density at radius 1 is 1.35 bits per heavy atom. The first-order valence-electron chi connectivity index (χ1n) is 9.12. The van der Waals surface area contributed by atoms with Crippen LogP contribution >= 0.6 is 0 Å². The maximum absolute atomic E-state index is 13.2. The van der Waals surface area contributed by atoms with E-state index in [2.05, 4.69) is 39.4 Å². The van der Waals surface area contributed by atoms with Crippen LogP contribution in [0.5, 0.6) is 0 Å². The van der Waals surface area contributed by atoms with Crippen LogP contribution in [0.3, 0.4) is 0 Å². The van der Waals surface area contributed by atoms with Crippen LogP contribution in [0.1, 0.15) is 53.2 Å². The zero-order valence-corrected chi connectivity index (χ0v) is 15.4. The van der Waals surface area contributed by atoms with E-state index >= 15 is 0 Å². The van der Waals surface area contributed by atoms with E-state index < -0.39 is 0 Å². The number of carbonyl (C=O) groups excluding carboxylic acids is 1. The van der Waals surface area contributed by atoms with Crippen LogP contribution in [0.2, 0.25) is 0 Å². The summed E-state index contributed by atoms with van der Waals surface area (Å²) in [6.45, 7) is 4.03. The number of aromatic nitrogens is 4. The number of fused-ring (bicyclic) bond motifs is 1. The minimum Gasteiger partial charge on any atom is -0.342 e. The number of amides is 1. The summed E-state index contributed by atoms with van der Waals surface area (Å²) >= 11 is 0. The van der Waals surface area contributed by atoms with Crippen molar-refractivity contribution < 1.29 is 4.79 Å². The molecule has 6 nitrogen and oxygen atoms in total. The Bertz CT molecular complexity index is 973. The lowest BCUT2D eigenvalue weighted by molar-refractivity contribution is 0.0930. The van der Waals surface area contributed by atoms with Gasteiger partial charge in [0.05, 0.1) is 17.1 Å². The Morgan fingerprint density at radius 3 is 2.81 bits per heavy atom. The van der Waals surface area contributed by atoms with Gasteiger partial charge in [0.25, 0.3) is 5.91 Å². The summed E-state index contributed by atoms with van der Waals surface area (Å²) in [5, 5.41) is 8.27. The number of rotatable bonds is 5. The fourth-order valence-electron chi connectivity index (χ4n) is 3.44.